The normalized spacial score (nSPS) is 16.1. The number of nitrogens with one attached hydrogen (secondary N) is 2. The topological polar surface area (TPSA) is 106 Å². The number of para-hydroxylation sites is 2. The van der Waals surface area contributed by atoms with Crippen LogP contribution in [0.2, 0.25) is 0 Å². The van der Waals surface area contributed by atoms with Gasteiger partial charge in [0.15, 0.2) is 5.84 Å². The van der Waals surface area contributed by atoms with Crippen molar-refractivity contribution in [2.75, 3.05) is 37.0 Å². The van der Waals surface area contributed by atoms with E-state index in [1.807, 2.05) is 42.2 Å². The van der Waals surface area contributed by atoms with Crippen LogP contribution in [0.25, 0.3) is 0 Å². The SMILES string of the molecule is C=Nc1ccccc1NN(C)/N=C(\C=C\C)NC(=O)c1ccc(N2CCN(C=O)C(CCC)C2)nc1. The fraction of sp³-hybridized carbons (Fsp3) is 0.346. The van der Waals surface area contributed by atoms with Crippen molar-refractivity contribution in [3.63, 3.8) is 0 Å². The molecule has 1 aliphatic rings. The Labute approximate surface area is 212 Å². The van der Waals surface area contributed by atoms with Crippen molar-refractivity contribution in [1.82, 2.24) is 20.3 Å². The third-order valence-corrected chi connectivity index (χ3v) is 5.80. The molecule has 1 unspecified atom stereocenters. The predicted molar refractivity (Wildman–Crippen MR) is 145 cm³/mol. The maximum absolute atomic E-state index is 12.9. The largest absolute Gasteiger partial charge is 0.353 e. The maximum Gasteiger partial charge on any atom is 0.258 e. The summed E-state index contributed by atoms with van der Waals surface area (Å²) in [5.74, 6) is 0.832. The van der Waals surface area contributed by atoms with Gasteiger partial charge in [-0.05, 0) is 50.4 Å². The van der Waals surface area contributed by atoms with Crippen LogP contribution < -0.4 is 15.6 Å². The number of amidine groups is 1. The highest BCUT2D eigenvalue weighted by atomic mass is 16.2. The van der Waals surface area contributed by atoms with Crippen molar-refractivity contribution in [2.24, 2.45) is 10.1 Å². The Kier molecular flexibility index (Phi) is 9.56. The number of piperazine rings is 1. The maximum atomic E-state index is 12.9. The van der Waals surface area contributed by atoms with Crippen LogP contribution in [0.4, 0.5) is 17.2 Å². The van der Waals surface area contributed by atoms with Crippen LogP contribution in [0.1, 0.15) is 37.0 Å². The first-order chi connectivity index (χ1) is 17.5. The lowest BCUT2D eigenvalue weighted by Crippen LogP contribution is -2.52. The number of aliphatic imine (C=N–C) groups is 1. The molecule has 1 fully saturated rings. The third kappa shape index (κ3) is 6.91. The van der Waals surface area contributed by atoms with E-state index in [0.29, 0.717) is 30.2 Å². The molecular formula is C26H34N8O2. The van der Waals surface area contributed by atoms with E-state index >= 15 is 0 Å². The van der Waals surface area contributed by atoms with Gasteiger partial charge in [-0.1, -0.05) is 31.6 Å². The Morgan fingerprint density at radius 1 is 1.28 bits per heavy atom. The molecule has 2 aromatic rings. The van der Waals surface area contributed by atoms with Gasteiger partial charge in [0.25, 0.3) is 5.91 Å². The second-order valence-corrected chi connectivity index (χ2v) is 8.39. The number of anilines is 2. The lowest BCUT2D eigenvalue weighted by atomic mass is 10.1. The Hall–Kier alpha value is -4.21. The van der Waals surface area contributed by atoms with Crippen LogP contribution in [0, 0.1) is 0 Å². The van der Waals surface area contributed by atoms with Crippen LogP contribution in [-0.2, 0) is 4.79 Å². The summed E-state index contributed by atoms with van der Waals surface area (Å²) < 4.78 is 0. The molecule has 0 bridgehead atoms. The van der Waals surface area contributed by atoms with Gasteiger partial charge in [0.1, 0.15) is 5.82 Å². The average molecular weight is 491 g/mol. The fourth-order valence-corrected chi connectivity index (χ4v) is 4.03. The zero-order valence-electron chi connectivity index (χ0n) is 21.1. The Morgan fingerprint density at radius 3 is 2.75 bits per heavy atom. The van der Waals surface area contributed by atoms with Gasteiger partial charge in [-0.15, -0.1) is 5.10 Å². The molecule has 0 aliphatic carbocycles. The predicted octanol–water partition coefficient (Wildman–Crippen LogP) is 3.44. The molecule has 1 aliphatic heterocycles. The number of rotatable bonds is 10. The smallest absolute Gasteiger partial charge is 0.258 e. The first-order valence-corrected chi connectivity index (χ1v) is 12.0. The summed E-state index contributed by atoms with van der Waals surface area (Å²) in [6.45, 7) is 9.64. The van der Waals surface area contributed by atoms with Gasteiger partial charge >= 0.3 is 0 Å². The van der Waals surface area contributed by atoms with Crippen molar-refractivity contribution in [3.8, 4) is 0 Å². The summed E-state index contributed by atoms with van der Waals surface area (Å²) >= 11 is 0. The van der Waals surface area contributed by atoms with Crippen LogP contribution >= 0.6 is 0 Å². The number of amides is 2. The molecule has 0 saturated carbocycles. The van der Waals surface area contributed by atoms with Crippen molar-refractivity contribution in [3.05, 3.63) is 60.3 Å². The molecule has 2 N–H and O–H groups in total. The van der Waals surface area contributed by atoms with E-state index in [0.717, 1.165) is 37.3 Å². The number of nitrogens with zero attached hydrogens (tertiary/aromatic N) is 6. The molecule has 0 radical (unpaired) electrons. The molecule has 1 atom stereocenters. The second kappa shape index (κ2) is 13.0. The van der Waals surface area contributed by atoms with Crippen molar-refractivity contribution < 1.29 is 9.59 Å². The first-order valence-electron chi connectivity index (χ1n) is 12.0. The standard InChI is InChI=1S/C26H34N8O2/c1-5-9-21-18-33(15-16-34(21)19-35)25-14-13-20(17-28-25)26(36)29-24(10-6-2)31-32(4)30-23-12-8-7-11-22(23)27-3/h6-8,10-14,17,19,21,30H,3,5,9,15-16,18H2,1-2,4H3,(H,29,31,36)/b10-6+. The van der Waals surface area contributed by atoms with Gasteiger partial charge < -0.3 is 15.1 Å². The molecule has 10 heteroatoms. The molecule has 1 aromatic carbocycles. The molecule has 1 aromatic heterocycles. The zero-order valence-corrected chi connectivity index (χ0v) is 21.1. The Balaban J connectivity index is 1.66. The van der Waals surface area contributed by atoms with Crippen LogP contribution in [0.5, 0.6) is 0 Å². The summed E-state index contributed by atoms with van der Waals surface area (Å²) in [6.07, 6.45) is 7.95. The number of hydrazone groups is 1. The third-order valence-electron chi connectivity index (χ3n) is 5.80. The second-order valence-electron chi connectivity index (χ2n) is 8.39. The van der Waals surface area contributed by atoms with Gasteiger partial charge in [-0.2, -0.15) is 0 Å². The molecule has 0 spiro atoms. The van der Waals surface area contributed by atoms with E-state index < -0.39 is 0 Å². The molecule has 2 heterocycles. The van der Waals surface area contributed by atoms with E-state index in [9.17, 15) is 9.59 Å². The summed E-state index contributed by atoms with van der Waals surface area (Å²) in [6, 6.07) is 11.2. The summed E-state index contributed by atoms with van der Waals surface area (Å²) in [5.41, 5.74) is 4.96. The number of allylic oxidation sites excluding steroid dienone is 1. The number of carbonyl (C=O) groups is 2. The van der Waals surface area contributed by atoms with Gasteiger partial charge in [0.05, 0.1) is 16.9 Å². The minimum Gasteiger partial charge on any atom is -0.353 e. The molecule has 10 nitrogen and oxygen atoms in total. The average Bonchev–Trinajstić information content (AvgIpc) is 2.89. The van der Waals surface area contributed by atoms with E-state index in [4.69, 9.17) is 0 Å². The highest BCUT2D eigenvalue weighted by Gasteiger charge is 2.26. The molecule has 3 rings (SSSR count). The van der Waals surface area contributed by atoms with E-state index in [1.165, 1.54) is 5.12 Å². The van der Waals surface area contributed by atoms with E-state index in [2.05, 4.69) is 44.4 Å². The number of aromatic nitrogens is 1. The number of hydrogen-bond acceptors (Lipinski definition) is 8. The van der Waals surface area contributed by atoms with Crippen molar-refractivity contribution in [2.45, 2.75) is 32.7 Å². The Morgan fingerprint density at radius 2 is 2.08 bits per heavy atom. The Bertz CT molecular complexity index is 1100. The van der Waals surface area contributed by atoms with Gasteiger partial charge in [-0.3, -0.25) is 20.0 Å². The fourth-order valence-electron chi connectivity index (χ4n) is 4.03. The van der Waals surface area contributed by atoms with E-state index in [1.54, 1.807) is 31.5 Å². The lowest BCUT2D eigenvalue weighted by molar-refractivity contribution is -0.120. The van der Waals surface area contributed by atoms with Gasteiger partial charge in [0, 0.05) is 38.9 Å². The monoisotopic (exact) mass is 490 g/mol. The summed E-state index contributed by atoms with van der Waals surface area (Å²) in [7, 11) is 1.72. The molecule has 190 valence electrons. The number of benzene rings is 1. The minimum atomic E-state index is -0.318. The number of carbonyl (C=O) groups excluding carboxylic acids is 2. The zero-order chi connectivity index (χ0) is 25.9. The van der Waals surface area contributed by atoms with E-state index in [-0.39, 0.29) is 11.9 Å². The first kappa shape index (κ1) is 26.4. The molecule has 1 saturated heterocycles. The highest BCUT2D eigenvalue weighted by molar-refractivity contribution is 6.10. The van der Waals surface area contributed by atoms with Crippen molar-refractivity contribution in [1.29, 1.82) is 0 Å². The number of pyridine rings is 1. The highest BCUT2D eigenvalue weighted by Crippen LogP contribution is 2.23. The molecular weight excluding hydrogens is 456 g/mol. The quantitative estimate of drug-likeness (QED) is 0.229. The lowest BCUT2D eigenvalue weighted by Gasteiger charge is -2.40. The minimum absolute atomic E-state index is 0.172. The number of hydrogen-bond donors (Lipinski definition) is 2. The summed E-state index contributed by atoms with van der Waals surface area (Å²) in [5, 5.41) is 8.75. The van der Waals surface area contributed by atoms with Crippen LogP contribution in [-0.4, -0.2) is 72.6 Å². The van der Waals surface area contributed by atoms with Crippen LogP contribution in [0.15, 0.2) is 64.8 Å². The van der Waals surface area contributed by atoms with Gasteiger partial charge in [-0.25, -0.2) is 10.1 Å². The van der Waals surface area contributed by atoms with Crippen molar-refractivity contribution >= 4 is 42.1 Å². The number of hydrazine groups is 1. The molecule has 36 heavy (non-hydrogen) atoms. The van der Waals surface area contributed by atoms with Crippen LogP contribution in [0.3, 0.4) is 0 Å². The molecule has 2 amide bonds. The summed E-state index contributed by atoms with van der Waals surface area (Å²) in [4.78, 5) is 36.8. The van der Waals surface area contributed by atoms with Gasteiger partial charge in [0.2, 0.25) is 6.41 Å².